The summed E-state index contributed by atoms with van der Waals surface area (Å²) in [5, 5.41) is 3.40. The van der Waals surface area contributed by atoms with Crippen LogP contribution < -0.4 is 10.1 Å². The van der Waals surface area contributed by atoms with Gasteiger partial charge in [-0.1, -0.05) is 6.07 Å². The van der Waals surface area contributed by atoms with Crippen LogP contribution in [0.1, 0.15) is 12.0 Å². The first kappa shape index (κ1) is 11.8. The van der Waals surface area contributed by atoms with Crippen LogP contribution in [0.2, 0.25) is 0 Å². The number of ether oxygens (including phenoxy) is 2. The van der Waals surface area contributed by atoms with Gasteiger partial charge in [0, 0.05) is 26.2 Å². The maximum atomic E-state index is 5.77. The monoisotopic (exact) mass is 248 g/mol. The van der Waals surface area contributed by atoms with Crippen molar-refractivity contribution in [3.8, 4) is 5.75 Å². The topological polar surface area (TPSA) is 33.7 Å². The molecule has 0 atom stereocenters. The third-order valence-electron chi connectivity index (χ3n) is 3.45. The van der Waals surface area contributed by atoms with Crippen LogP contribution in [0.5, 0.6) is 5.75 Å². The van der Waals surface area contributed by atoms with E-state index in [-0.39, 0.29) is 0 Å². The Kier molecular flexibility index (Phi) is 3.67. The molecule has 1 aromatic carbocycles. The Labute approximate surface area is 108 Å². The molecule has 0 aliphatic carbocycles. The van der Waals surface area contributed by atoms with Crippen molar-refractivity contribution < 1.29 is 9.47 Å². The highest BCUT2D eigenvalue weighted by atomic mass is 16.5. The fourth-order valence-corrected chi connectivity index (χ4v) is 2.43. The van der Waals surface area contributed by atoms with Gasteiger partial charge in [-0.3, -0.25) is 4.90 Å². The molecule has 0 amide bonds. The van der Waals surface area contributed by atoms with Gasteiger partial charge >= 0.3 is 0 Å². The first-order valence-corrected chi connectivity index (χ1v) is 6.71. The summed E-state index contributed by atoms with van der Waals surface area (Å²) in [6.07, 6.45) is 1.06. The van der Waals surface area contributed by atoms with Gasteiger partial charge in [-0.15, -0.1) is 0 Å². The summed E-state index contributed by atoms with van der Waals surface area (Å²) in [5.41, 5.74) is 2.44. The molecule has 0 saturated carbocycles. The molecular formula is C14H20N2O2. The lowest BCUT2D eigenvalue weighted by molar-refractivity contribution is 0.0341. The van der Waals surface area contributed by atoms with E-state index in [1.807, 2.05) is 0 Å². The Balaban J connectivity index is 1.70. The van der Waals surface area contributed by atoms with Crippen LogP contribution in [-0.2, 0) is 11.3 Å². The van der Waals surface area contributed by atoms with Crippen LogP contribution in [0.3, 0.4) is 0 Å². The number of hydrogen-bond donors (Lipinski definition) is 1. The van der Waals surface area contributed by atoms with Crippen LogP contribution in [0.4, 0.5) is 5.69 Å². The third-order valence-corrected chi connectivity index (χ3v) is 3.45. The number of rotatable bonds is 2. The quantitative estimate of drug-likeness (QED) is 0.864. The number of morpholine rings is 1. The molecule has 0 aromatic heterocycles. The second kappa shape index (κ2) is 5.59. The summed E-state index contributed by atoms with van der Waals surface area (Å²) in [7, 11) is 0. The molecule has 0 bridgehead atoms. The second-order valence-electron chi connectivity index (χ2n) is 4.85. The van der Waals surface area contributed by atoms with Crippen molar-refractivity contribution in [2.45, 2.75) is 13.0 Å². The largest absolute Gasteiger partial charge is 0.491 e. The summed E-state index contributed by atoms with van der Waals surface area (Å²) >= 11 is 0. The van der Waals surface area contributed by atoms with Gasteiger partial charge in [-0.25, -0.2) is 0 Å². The van der Waals surface area contributed by atoms with E-state index in [1.54, 1.807) is 0 Å². The minimum Gasteiger partial charge on any atom is -0.491 e. The van der Waals surface area contributed by atoms with Crippen molar-refractivity contribution in [3.05, 3.63) is 23.8 Å². The van der Waals surface area contributed by atoms with Gasteiger partial charge in [0.2, 0.25) is 0 Å². The van der Waals surface area contributed by atoms with Gasteiger partial charge in [0.05, 0.1) is 25.5 Å². The Bertz CT molecular complexity index is 403. The molecule has 0 unspecified atom stereocenters. The predicted octanol–water partition coefficient (Wildman–Crippen LogP) is 1.71. The highest BCUT2D eigenvalue weighted by molar-refractivity contribution is 5.58. The summed E-state index contributed by atoms with van der Waals surface area (Å²) in [6.45, 7) is 6.54. The normalized spacial score (nSPS) is 20.4. The molecule has 2 heterocycles. The molecule has 1 N–H and O–H groups in total. The van der Waals surface area contributed by atoms with Gasteiger partial charge in [-0.2, -0.15) is 0 Å². The molecule has 2 aliphatic heterocycles. The van der Waals surface area contributed by atoms with Crippen molar-refractivity contribution in [1.29, 1.82) is 0 Å². The van der Waals surface area contributed by atoms with Gasteiger partial charge in [0.1, 0.15) is 5.75 Å². The van der Waals surface area contributed by atoms with Crippen LogP contribution in [0.25, 0.3) is 0 Å². The van der Waals surface area contributed by atoms with E-state index in [4.69, 9.17) is 9.47 Å². The fourth-order valence-electron chi connectivity index (χ4n) is 2.43. The first-order chi connectivity index (χ1) is 8.92. The number of benzene rings is 1. The molecule has 0 spiro atoms. The molecule has 18 heavy (non-hydrogen) atoms. The van der Waals surface area contributed by atoms with Gasteiger partial charge < -0.3 is 14.8 Å². The summed E-state index contributed by atoms with van der Waals surface area (Å²) < 4.78 is 11.1. The zero-order valence-corrected chi connectivity index (χ0v) is 10.7. The second-order valence-corrected chi connectivity index (χ2v) is 4.85. The van der Waals surface area contributed by atoms with Crippen LogP contribution in [0.15, 0.2) is 18.2 Å². The zero-order chi connectivity index (χ0) is 12.2. The standard InChI is InChI=1S/C14H20N2O2/c1-4-15-13-3-2-12(10-14(13)18-7-1)11-16-5-8-17-9-6-16/h2-3,10,15H,1,4-9,11H2. The molecule has 1 saturated heterocycles. The van der Waals surface area contributed by atoms with Gasteiger partial charge in [-0.05, 0) is 24.1 Å². The van der Waals surface area contributed by atoms with Gasteiger partial charge in [0.15, 0.2) is 0 Å². The van der Waals surface area contributed by atoms with Crippen molar-refractivity contribution in [2.75, 3.05) is 44.8 Å². The molecule has 4 nitrogen and oxygen atoms in total. The number of hydrogen-bond acceptors (Lipinski definition) is 4. The van der Waals surface area contributed by atoms with Crippen molar-refractivity contribution in [3.63, 3.8) is 0 Å². The SMILES string of the molecule is c1cc2c(cc1CN1CCOCC1)OCCCN2. The van der Waals surface area contributed by atoms with E-state index in [9.17, 15) is 0 Å². The van der Waals surface area contributed by atoms with E-state index in [2.05, 4.69) is 28.4 Å². The Morgan fingerprint density at radius 3 is 2.94 bits per heavy atom. The molecule has 2 aliphatic rings. The molecule has 3 rings (SSSR count). The van der Waals surface area contributed by atoms with E-state index >= 15 is 0 Å². The number of anilines is 1. The average Bonchev–Trinajstić information content (AvgIpc) is 2.64. The third kappa shape index (κ3) is 2.76. The highest BCUT2D eigenvalue weighted by Gasteiger charge is 2.13. The first-order valence-electron chi connectivity index (χ1n) is 6.71. The minimum absolute atomic E-state index is 0.807. The van der Waals surface area contributed by atoms with Crippen LogP contribution >= 0.6 is 0 Å². The van der Waals surface area contributed by atoms with Gasteiger partial charge in [0.25, 0.3) is 0 Å². The van der Waals surface area contributed by atoms with E-state index in [0.29, 0.717) is 0 Å². The predicted molar refractivity (Wildman–Crippen MR) is 71.1 cm³/mol. The van der Waals surface area contributed by atoms with Crippen LogP contribution in [0, 0.1) is 0 Å². The Morgan fingerprint density at radius 2 is 2.06 bits per heavy atom. The average molecular weight is 248 g/mol. The lowest BCUT2D eigenvalue weighted by Gasteiger charge is -2.26. The van der Waals surface area contributed by atoms with E-state index in [1.165, 1.54) is 5.56 Å². The lowest BCUT2D eigenvalue weighted by Crippen LogP contribution is -2.35. The highest BCUT2D eigenvalue weighted by Crippen LogP contribution is 2.28. The summed E-state index contributed by atoms with van der Waals surface area (Å²) in [5.74, 6) is 0.998. The molecule has 0 radical (unpaired) electrons. The lowest BCUT2D eigenvalue weighted by atomic mass is 10.1. The van der Waals surface area contributed by atoms with Crippen LogP contribution in [-0.4, -0.2) is 44.4 Å². The molecular weight excluding hydrogens is 228 g/mol. The maximum absolute atomic E-state index is 5.77. The van der Waals surface area contributed by atoms with E-state index in [0.717, 1.165) is 63.9 Å². The number of fused-ring (bicyclic) bond motifs is 1. The molecule has 1 aromatic rings. The molecule has 98 valence electrons. The smallest absolute Gasteiger partial charge is 0.142 e. The summed E-state index contributed by atoms with van der Waals surface area (Å²) in [6, 6.07) is 6.50. The molecule has 4 heteroatoms. The molecule has 1 fully saturated rings. The fraction of sp³-hybridized carbons (Fsp3) is 0.571. The number of nitrogens with zero attached hydrogens (tertiary/aromatic N) is 1. The van der Waals surface area contributed by atoms with Crippen molar-refractivity contribution in [1.82, 2.24) is 4.90 Å². The Morgan fingerprint density at radius 1 is 1.17 bits per heavy atom. The van der Waals surface area contributed by atoms with E-state index < -0.39 is 0 Å². The van der Waals surface area contributed by atoms with Crippen molar-refractivity contribution in [2.24, 2.45) is 0 Å². The Hall–Kier alpha value is -1.26. The summed E-state index contributed by atoms with van der Waals surface area (Å²) in [4.78, 5) is 2.43. The minimum atomic E-state index is 0.807. The number of nitrogens with one attached hydrogen (secondary N) is 1. The zero-order valence-electron chi connectivity index (χ0n) is 10.7. The maximum Gasteiger partial charge on any atom is 0.142 e. The van der Waals surface area contributed by atoms with Crippen molar-refractivity contribution >= 4 is 5.69 Å².